The van der Waals surface area contributed by atoms with Gasteiger partial charge in [0.2, 0.25) is 5.91 Å². The van der Waals surface area contributed by atoms with Crippen molar-refractivity contribution in [3.63, 3.8) is 0 Å². The summed E-state index contributed by atoms with van der Waals surface area (Å²) in [5.41, 5.74) is 6.32. The van der Waals surface area contributed by atoms with Crippen molar-refractivity contribution in [2.45, 2.75) is 62.4 Å². The second-order valence-electron chi connectivity index (χ2n) is 14.0. The van der Waals surface area contributed by atoms with E-state index in [4.69, 9.17) is 0 Å². The number of carboxylic acid groups (broad SMARTS) is 1. The van der Waals surface area contributed by atoms with Crippen molar-refractivity contribution >= 4 is 17.9 Å². The molecule has 2 aromatic heterocycles. The van der Waals surface area contributed by atoms with E-state index in [-0.39, 0.29) is 36.9 Å². The SMILES string of the molecule is O=C(O)N[C@@H](C(=O)N1CCC[C@H]1c1ncc(-c2ccc(-c3ccc(-c4cnc([C@@H]5CCCN5C(=O)[C@H]5C[C@@H](F)CN5)[nH]4)cc3)cc2)[nH]1)c1ccccc1. The fraction of sp³-hybridized carbons (Fsp3) is 0.325. The number of amides is 3. The van der Waals surface area contributed by atoms with Gasteiger partial charge in [0.05, 0.1) is 41.9 Å². The van der Waals surface area contributed by atoms with E-state index in [0.717, 1.165) is 65.1 Å². The Morgan fingerprint density at radius 2 is 1.28 bits per heavy atom. The molecule has 0 unspecified atom stereocenters. The molecule has 0 radical (unpaired) electrons. The van der Waals surface area contributed by atoms with Crippen molar-refractivity contribution in [3.05, 3.63) is 108 Å². The molecule has 5 heterocycles. The molecule has 8 rings (SSSR count). The zero-order chi connectivity index (χ0) is 36.5. The molecule has 3 saturated heterocycles. The summed E-state index contributed by atoms with van der Waals surface area (Å²) in [5, 5.41) is 14.9. The number of aromatic nitrogens is 4. The third kappa shape index (κ3) is 7.04. The lowest BCUT2D eigenvalue weighted by Crippen LogP contribution is -2.43. The van der Waals surface area contributed by atoms with E-state index < -0.39 is 24.3 Å². The van der Waals surface area contributed by atoms with E-state index in [9.17, 15) is 23.9 Å². The first-order valence-corrected chi connectivity index (χ1v) is 18.2. The van der Waals surface area contributed by atoms with E-state index in [1.807, 2.05) is 35.2 Å². The largest absolute Gasteiger partial charge is 0.465 e. The molecule has 3 aromatic carbocycles. The summed E-state index contributed by atoms with van der Waals surface area (Å²) in [4.78, 5) is 58.1. The van der Waals surface area contributed by atoms with Crippen LogP contribution in [0.2, 0.25) is 0 Å². The topological polar surface area (TPSA) is 159 Å². The maximum atomic E-state index is 13.7. The molecule has 5 aromatic rings. The Morgan fingerprint density at radius 3 is 1.81 bits per heavy atom. The average Bonchev–Trinajstić information content (AvgIpc) is 4.03. The Morgan fingerprint density at radius 1 is 0.755 bits per heavy atom. The molecule has 5 atom stereocenters. The number of imidazole rings is 2. The number of carbonyl (C=O) groups excluding carboxylic acids is 2. The van der Waals surface area contributed by atoms with Crippen LogP contribution in [-0.2, 0) is 9.59 Å². The summed E-state index contributed by atoms with van der Waals surface area (Å²) in [6, 6.07) is 23.4. The minimum absolute atomic E-state index is 0.0501. The molecule has 13 heteroatoms. The van der Waals surface area contributed by atoms with Gasteiger partial charge in [0, 0.05) is 26.1 Å². The Kier molecular flexibility index (Phi) is 9.48. The number of alkyl halides is 1. The lowest BCUT2D eigenvalue weighted by atomic mass is 10.0. The van der Waals surface area contributed by atoms with Gasteiger partial charge in [-0.05, 0) is 53.5 Å². The highest BCUT2D eigenvalue weighted by Gasteiger charge is 2.39. The zero-order valence-corrected chi connectivity index (χ0v) is 29.0. The molecular weight excluding hydrogens is 675 g/mol. The summed E-state index contributed by atoms with van der Waals surface area (Å²) in [6.07, 6.45) is 4.78. The van der Waals surface area contributed by atoms with Crippen LogP contribution in [-0.4, -0.2) is 84.6 Å². The number of hydrogen-bond donors (Lipinski definition) is 5. The maximum Gasteiger partial charge on any atom is 0.405 e. The second-order valence-corrected chi connectivity index (χ2v) is 14.0. The van der Waals surface area contributed by atoms with Crippen LogP contribution in [0, 0.1) is 0 Å². The number of halogens is 1. The molecule has 0 aliphatic carbocycles. The van der Waals surface area contributed by atoms with Gasteiger partial charge in [-0.1, -0.05) is 78.9 Å². The molecule has 3 aliphatic rings. The summed E-state index contributed by atoms with van der Waals surface area (Å²) in [5.74, 6) is 1.07. The van der Waals surface area contributed by atoms with E-state index in [1.165, 1.54) is 0 Å². The summed E-state index contributed by atoms with van der Waals surface area (Å²) in [6.45, 7) is 1.39. The number of H-pyrrole nitrogens is 2. The van der Waals surface area contributed by atoms with Crippen LogP contribution >= 0.6 is 0 Å². The normalized spacial score (nSPS) is 21.9. The van der Waals surface area contributed by atoms with Crippen molar-refractivity contribution in [1.29, 1.82) is 0 Å². The maximum absolute atomic E-state index is 13.7. The first-order valence-electron chi connectivity index (χ1n) is 18.2. The van der Waals surface area contributed by atoms with Crippen molar-refractivity contribution < 1.29 is 23.9 Å². The van der Waals surface area contributed by atoms with Crippen molar-refractivity contribution in [2.75, 3.05) is 19.6 Å². The minimum atomic E-state index is -1.26. The van der Waals surface area contributed by atoms with Gasteiger partial charge in [0.1, 0.15) is 23.9 Å². The fourth-order valence-corrected chi connectivity index (χ4v) is 7.92. The Labute approximate surface area is 305 Å². The highest BCUT2D eigenvalue weighted by molar-refractivity contribution is 5.87. The molecule has 3 amide bonds. The lowest BCUT2D eigenvalue weighted by Gasteiger charge is -2.28. The fourth-order valence-electron chi connectivity index (χ4n) is 7.92. The monoisotopic (exact) mass is 716 g/mol. The van der Waals surface area contributed by atoms with Gasteiger partial charge in [-0.15, -0.1) is 0 Å². The van der Waals surface area contributed by atoms with Gasteiger partial charge in [0.25, 0.3) is 5.91 Å². The van der Waals surface area contributed by atoms with Crippen LogP contribution in [0.1, 0.15) is 67.4 Å². The minimum Gasteiger partial charge on any atom is -0.465 e. The van der Waals surface area contributed by atoms with E-state index in [1.54, 1.807) is 41.6 Å². The second kappa shape index (κ2) is 14.7. The Balaban J connectivity index is 0.925. The van der Waals surface area contributed by atoms with Crippen LogP contribution in [0.15, 0.2) is 91.3 Å². The number of benzene rings is 3. The molecule has 0 spiro atoms. The van der Waals surface area contributed by atoms with E-state index in [0.29, 0.717) is 24.5 Å². The number of likely N-dealkylation sites (tertiary alicyclic amines) is 2. The number of aromatic amines is 2. The third-order valence-electron chi connectivity index (χ3n) is 10.6. The molecule has 12 nitrogen and oxygen atoms in total. The van der Waals surface area contributed by atoms with Gasteiger partial charge in [-0.25, -0.2) is 19.2 Å². The quantitative estimate of drug-likeness (QED) is 0.122. The van der Waals surface area contributed by atoms with Crippen LogP contribution in [0.25, 0.3) is 33.6 Å². The molecule has 272 valence electrons. The molecule has 0 saturated carbocycles. The first-order chi connectivity index (χ1) is 25.8. The summed E-state index contributed by atoms with van der Waals surface area (Å²) < 4.78 is 13.7. The van der Waals surface area contributed by atoms with Gasteiger partial charge < -0.3 is 35.5 Å². The lowest BCUT2D eigenvalue weighted by molar-refractivity contribution is -0.135. The summed E-state index contributed by atoms with van der Waals surface area (Å²) >= 11 is 0. The zero-order valence-electron chi connectivity index (χ0n) is 29.0. The number of carbonyl (C=O) groups is 3. The van der Waals surface area contributed by atoms with Crippen LogP contribution in [0.3, 0.4) is 0 Å². The van der Waals surface area contributed by atoms with Crippen LogP contribution in [0.4, 0.5) is 9.18 Å². The average molecular weight is 717 g/mol. The predicted molar refractivity (Wildman–Crippen MR) is 196 cm³/mol. The summed E-state index contributed by atoms with van der Waals surface area (Å²) in [7, 11) is 0. The van der Waals surface area contributed by atoms with Gasteiger partial charge in [-0.3, -0.25) is 9.59 Å². The van der Waals surface area contributed by atoms with Crippen molar-refractivity contribution in [2.24, 2.45) is 0 Å². The number of hydrogen-bond acceptors (Lipinski definition) is 6. The first kappa shape index (κ1) is 34.3. The molecule has 53 heavy (non-hydrogen) atoms. The van der Waals surface area contributed by atoms with E-state index in [2.05, 4.69) is 54.8 Å². The van der Waals surface area contributed by atoms with Gasteiger partial charge >= 0.3 is 6.09 Å². The van der Waals surface area contributed by atoms with Gasteiger partial charge in [0.15, 0.2) is 0 Å². The predicted octanol–water partition coefficient (Wildman–Crippen LogP) is 6.17. The highest BCUT2D eigenvalue weighted by Crippen LogP contribution is 2.36. The van der Waals surface area contributed by atoms with Crippen molar-refractivity contribution in [3.8, 4) is 33.6 Å². The van der Waals surface area contributed by atoms with Crippen LogP contribution in [0.5, 0.6) is 0 Å². The molecule has 3 aliphatic heterocycles. The van der Waals surface area contributed by atoms with Gasteiger partial charge in [-0.2, -0.15) is 0 Å². The van der Waals surface area contributed by atoms with Crippen molar-refractivity contribution in [1.82, 2.24) is 40.4 Å². The number of rotatable bonds is 9. The Hall–Kier alpha value is -5.82. The number of nitrogens with one attached hydrogen (secondary N) is 4. The smallest absolute Gasteiger partial charge is 0.405 e. The third-order valence-corrected chi connectivity index (χ3v) is 10.6. The molecule has 3 fully saturated rings. The number of nitrogens with zero attached hydrogens (tertiary/aromatic N) is 4. The molecule has 0 bridgehead atoms. The highest BCUT2D eigenvalue weighted by atomic mass is 19.1. The van der Waals surface area contributed by atoms with E-state index >= 15 is 0 Å². The molecular formula is C40H41FN8O4. The Bertz CT molecular complexity index is 2080. The molecule has 5 N–H and O–H groups in total. The standard InChI is InChI=1S/C40H41FN8O4/c41-29-20-30(42-21-29)38(50)48-18-4-8-33(48)36-43-22-31(45-36)26-14-10-24(11-15-26)25-12-16-27(17-13-25)32-23-44-37(46-32)34-9-5-19-49(34)39(51)35(47-40(52)53)28-6-2-1-3-7-28/h1-3,6-7,10-17,22-23,29-30,33-35,42,47H,4-5,8-9,18-21H2,(H,43,45)(H,44,46)(H,52,53)/t29-,30-,33+,34+,35-/m1/s1. The van der Waals surface area contributed by atoms with Crippen LogP contribution < -0.4 is 10.6 Å².